The Kier molecular flexibility index (Phi) is 8.22. The summed E-state index contributed by atoms with van der Waals surface area (Å²) >= 11 is 1.21. The van der Waals surface area contributed by atoms with Crippen molar-refractivity contribution in [2.24, 2.45) is 5.92 Å². The summed E-state index contributed by atoms with van der Waals surface area (Å²) in [5.74, 6) is 0.868. The number of alkyl halides is 2. The molecule has 4 nitrogen and oxygen atoms in total. The molecule has 0 saturated carbocycles. The van der Waals surface area contributed by atoms with Gasteiger partial charge in [-0.1, -0.05) is 62.0 Å². The molecule has 0 aliphatic heterocycles. The van der Waals surface area contributed by atoms with Crippen molar-refractivity contribution in [3.8, 4) is 17.4 Å². The maximum atomic E-state index is 13.2. The summed E-state index contributed by atoms with van der Waals surface area (Å²) in [5, 5.41) is -0.198. The molecule has 0 bridgehead atoms. The number of thioether (sulfide) groups is 1. The van der Waals surface area contributed by atoms with Crippen LogP contribution in [-0.2, 0) is 4.79 Å². The minimum atomic E-state index is -2.88. The lowest BCUT2D eigenvalue weighted by Crippen LogP contribution is -2.16. The average molecular weight is 458 g/mol. The zero-order chi connectivity index (χ0) is 23.1. The van der Waals surface area contributed by atoms with Crippen molar-refractivity contribution in [3.63, 3.8) is 0 Å². The number of pyridine rings is 1. The maximum Gasteiger partial charge on any atom is 0.387 e. The second-order valence-electron chi connectivity index (χ2n) is 7.56. The highest BCUT2D eigenvalue weighted by molar-refractivity contribution is 8.13. The molecule has 2 atom stereocenters. The second kappa shape index (κ2) is 11.1. The van der Waals surface area contributed by atoms with Gasteiger partial charge in [0, 0.05) is 6.07 Å². The van der Waals surface area contributed by atoms with Gasteiger partial charge in [0.15, 0.2) is 5.12 Å². The first-order chi connectivity index (χ1) is 15.3. The van der Waals surface area contributed by atoms with Gasteiger partial charge < -0.3 is 9.47 Å². The molecule has 0 N–H and O–H groups in total. The Balaban J connectivity index is 1.70. The van der Waals surface area contributed by atoms with Gasteiger partial charge in [-0.15, -0.1) is 0 Å². The number of hydrogen-bond donors (Lipinski definition) is 0. The molecule has 0 amide bonds. The predicted octanol–water partition coefficient (Wildman–Crippen LogP) is 7.24. The van der Waals surface area contributed by atoms with E-state index in [0.717, 1.165) is 11.3 Å². The minimum Gasteiger partial charge on any atom is -0.439 e. The van der Waals surface area contributed by atoms with Crippen LogP contribution in [0.15, 0.2) is 72.8 Å². The van der Waals surface area contributed by atoms with Crippen molar-refractivity contribution in [3.05, 3.63) is 84.1 Å². The molecule has 32 heavy (non-hydrogen) atoms. The molecular weight excluding hydrogens is 432 g/mol. The van der Waals surface area contributed by atoms with Crippen LogP contribution >= 0.6 is 11.8 Å². The van der Waals surface area contributed by atoms with Crippen LogP contribution in [0.25, 0.3) is 0 Å². The first kappa shape index (κ1) is 23.7. The zero-order valence-electron chi connectivity index (χ0n) is 18.1. The lowest BCUT2D eigenvalue weighted by molar-refractivity contribution is -0.113. The predicted molar refractivity (Wildman–Crippen MR) is 122 cm³/mol. The Morgan fingerprint density at radius 3 is 2.19 bits per heavy atom. The third-order valence-electron chi connectivity index (χ3n) is 4.81. The molecule has 0 aliphatic rings. The Hall–Kier alpha value is -2.93. The first-order valence-electron chi connectivity index (χ1n) is 10.3. The van der Waals surface area contributed by atoms with E-state index in [-0.39, 0.29) is 28.0 Å². The highest BCUT2D eigenvalue weighted by Crippen LogP contribution is 2.37. The summed E-state index contributed by atoms with van der Waals surface area (Å²) in [6.45, 7) is 2.97. The molecule has 0 spiro atoms. The molecule has 3 rings (SSSR count). The molecule has 168 valence electrons. The number of nitrogens with zero attached hydrogens (tertiary/aromatic N) is 1. The number of benzene rings is 2. The van der Waals surface area contributed by atoms with Crippen molar-refractivity contribution >= 4 is 16.9 Å². The van der Waals surface area contributed by atoms with Gasteiger partial charge in [-0.2, -0.15) is 8.78 Å². The fraction of sp³-hybridized carbons (Fsp3) is 0.280. The summed E-state index contributed by atoms with van der Waals surface area (Å²) in [6.07, 6.45) is 0. The van der Waals surface area contributed by atoms with Gasteiger partial charge in [-0.05, 0) is 48.7 Å². The van der Waals surface area contributed by atoms with E-state index in [0.29, 0.717) is 11.6 Å². The number of halogens is 2. The SMILES string of the molecule is CC(SC(=O)C(c1ccc(OC(F)F)cc1)C(C)C)c1cccc(Oc2ccccc2)n1. The van der Waals surface area contributed by atoms with Crippen molar-refractivity contribution in [1.82, 2.24) is 4.98 Å². The Bertz CT molecular complexity index is 1010. The van der Waals surface area contributed by atoms with Crippen LogP contribution in [0.2, 0.25) is 0 Å². The van der Waals surface area contributed by atoms with Gasteiger partial charge in [-0.25, -0.2) is 4.98 Å². The first-order valence-corrected chi connectivity index (χ1v) is 11.2. The van der Waals surface area contributed by atoms with Gasteiger partial charge in [0.2, 0.25) is 5.88 Å². The molecule has 0 fully saturated rings. The van der Waals surface area contributed by atoms with Crippen LogP contribution in [0.1, 0.15) is 43.2 Å². The standard InChI is InChI=1S/C25H25F2NO3S/c1-16(2)23(18-12-14-20(15-13-18)31-25(26)27)24(29)32-17(3)21-10-7-11-22(28-21)30-19-8-5-4-6-9-19/h4-17,23,25H,1-3H3. The van der Waals surface area contributed by atoms with E-state index < -0.39 is 6.61 Å². The van der Waals surface area contributed by atoms with E-state index >= 15 is 0 Å². The molecule has 0 saturated heterocycles. The van der Waals surface area contributed by atoms with Crippen LogP contribution in [0, 0.1) is 5.92 Å². The van der Waals surface area contributed by atoms with E-state index in [1.54, 1.807) is 18.2 Å². The van der Waals surface area contributed by atoms with Crippen LogP contribution in [0.4, 0.5) is 8.78 Å². The molecule has 3 aromatic rings. The summed E-state index contributed by atoms with van der Waals surface area (Å²) in [4.78, 5) is 17.7. The Morgan fingerprint density at radius 1 is 0.875 bits per heavy atom. The Labute approximate surface area is 191 Å². The largest absolute Gasteiger partial charge is 0.439 e. The smallest absolute Gasteiger partial charge is 0.387 e. The lowest BCUT2D eigenvalue weighted by Gasteiger charge is -2.22. The van der Waals surface area contributed by atoms with E-state index in [9.17, 15) is 13.6 Å². The lowest BCUT2D eigenvalue weighted by atomic mass is 9.89. The number of carbonyl (C=O) groups is 1. The number of para-hydroxylation sites is 1. The third kappa shape index (κ3) is 6.53. The quantitative estimate of drug-likeness (QED) is 0.339. The van der Waals surface area contributed by atoms with Crippen molar-refractivity contribution in [2.75, 3.05) is 0 Å². The highest BCUT2D eigenvalue weighted by atomic mass is 32.2. The molecule has 0 radical (unpaired) electrons. The molecule has 2 unspecified atom stereocenters. The fourth-order valence-corrected chi connectivity index (χ4v) is 4.44. The molecule has 1 heterocycles. The highest BCUT2D eigenvalue weighted by Gasteiger charge is 2.27. The number of carbonyl (C=O) groups excluding carboxylic acids is 1. The van der Waals surface area contributed by atoms with E-state index in [1.165, 1.54) is 23.9 Å². The summed E-state index contributed by atoms with van der Waals surface area (Å²) in [6, 6.07) is 21.1. The fourth-order valence-electron chi connectivity index (χ4n) is 3.28. The van der Waals surface area contributed by atoms with Crippen molar-refractivity contribution < 1.29 is 23.0 Å². The molecule has 7 heteroatoms. The van der Waals surface area contributed by atoms with Crippen LogP contribution in [0.5, 0.6) is 17.4 Å². The summed E-state index contributed by atoms with van der Waals surface area (Å²) in [7, 11) is 0. The van der Waals surface area contributed by atoms with Crippen molar-refractivity contribution in [1.29, 1.82) is 0 Å². The van der Waals surface area contributed by atoms with Crippen LogP contribution in [0.3, 0.4) is 0 Å². The van der Waals surface area contributed by atoms with Gasteiger partial charge >= 0.3 is 6.61 Å². The number of rotatable bonds is 9. The average Bonchev–Trinajstić information content (AvgIpc) is 2.75. The molecule has 1 aromatic heterocycles. The number of aromatic nitrogens is 1. The topological polar surface area (TPSA) is 48.4 Å². The van der Waals surface area contributed by atoms with Crippen LogP contribution < -0.4 is 9.47 Å². The third-order valence-corrected chi connectivity index (χ3v) is 5.89. The van der Waals surface area contributed by atoms with Crippen molar-refractivity contribution in [2.45, 2.75) is 38.6 Å². The maximum absolute atomic E-state index is 13.2. The van der Waals surface area contributed by atoms with Gasteiger partial charge in [0.1, 0.15) is 11.5 Å². The normalized spacial score (nSPS) is 13.1. The summed E-state index contributed by atoms with van der Waals surface area (Å²) in [5.41, 5.74) is 1.50. The Morgan fingerprint density at radius 2 is 1.56 bits per heavy atom. The van der Waals surface area contributed by atoms with Gasteiger partial charge in [0.05, 0.1) is 16.9 Å². The summed E-state index contributed by atoms with van der Waals surface area (Å²) < 4.78 is 35.0. The van der Waals surface area contributed by atoms with Gasteiger partial charge in [-0.3, -0.25) is 4.79 Å². The van der Waals surface area contributed by atoms with Gasteiger partial charge in [0.25, 0.3) is 0 Å². The molecular formula is C25H25F2NO3S. The van der Waals surface area contributed by atoms with Crippen LogP contribution in [-0.4, -0.2) is 16.7 Å². The minimum absolute atomic E-state index is 0.00814. The molecule has 0 aliphatic carbocycles. The number of ether oxygens (including phenoxy) is 2. The zero-order valence-corrected chi connectivity index (χ0v) is 18.9. The monoisotopic (exact) mass is 457 g/mol. The van der Waals surface area contributed by atoms with E-state index in [1.807, 2.05) is 63.2 Å². The number of hydrogen-bond acceptors (Lipinski definition) is 5. The van der Waals surface area contributed by atoms with E-state index in [2.05, 4.69) is 9.72 Å². The second-order valence-corrected chi connectivity index (χ2v) is 8.91. The molecule has 2 aromatic carbocycles. The van der Waals surface area contributed by atoms with E-state index in [4.69, 9.17) is 4.74 Å².